The Kier molecular flexibility index (Phi) is 5.41. The van der Waals surface area contributed by atoms with Gasteiger partial charge in [0.25, 0.3) is 11.8 Å². The van der Waals surface area contributed by atoms with Crippen LogP contribution in [-0.4, -0.2) is 52.6 Å². The Morgan fingerprint density at radius 2 is 2.03 bits per heavy atom. The summed E-state index contributed by atoms with van der Waals surface area (Å²) < 4.78 is 7.51. The molecule has 0 bridgehead atoms. The van der Waals surface area contributed by atoms with Gasteiger partial charge in [-0.2, -0.15) is 0 Å². The average Bonchev–Trinajstić information content (AvgIpc) is 3.54. The van der Waals surface area contributed by atoms with Gasteiger partial charge in [0, 0.05) is 50.4 Å². The summed E-state index contributed by atoms with van der Waals surface area (Å²) >= 11 is 0. The lowest BCUT2D eigenvalue weighted by atomic mass is 10.1. The van der Waals surface area contributed by atoms with Crippen LogP contribution in [0.2, 0.25) is 0 Å². The molecule has 1 aliphatic carbocycles. The lowest BCUT2D eigenvalue weighted by Crippen LogP contribution is -2.42. The number of amides is 2. The van der Waals surface area contributed by atoms with Crippen molar-refractivity contribution in [3.63, 3.8) is 0 Å². The van der Waals surface area contributed by atoms with E-state index in [-0.39, 0.29) is 17.9 Å². The molecule has 1 aliphatic heterocycles. The molecule has 1 saturated carbocycles. The summed E-state index contributed by atoms with van der Waals surface area (Å²) in [5, 5.41) is 2.86. The van der Waals surface area contributed by atoms with Crippen LogP contribution in [0.25, 0.3) is 0 Å². The van der Waals surface area contributed by atoms with Crippen LogP contribution in [0.15, 0.2) is 24.4 Å². The molecule has 0 radical (unpaired) electrons. The number of piperidine rings is 1. The minimum Gasteiger partial charge on any atom is -0.380 e. The predicted molar refractivity (Wildman–Crippen MR) is 110 cm³/mol. The number of hydrogen-bond donors (Lipinski definition) is 1. The minimum atomic E-state index is -0.195. The van der Waals surface area contributed by atoms with Crippen molar-refractivity contribution in [2.24, 2.45) is 7.05 Å². The third-order valence-electron chi connectivity index (χ3n) is 6.06. The molecule has 7 nitrogen and oxygen atoms in total. The van der Waals surface area contributed by atoms with Gasteiger partial charge in [-0.1, -0.05) is 0 Å². The van der Waals surface area contributed by atoms with E-state index < -0.39 is 0 Å². The number of pyridine rings is 1. The van der Waals surface area contributed by atoms with Crippen molar-refractivity contribution in [3.05, 3.63) is 46.9 Å². The monoisotopic (exact) mass is 396 g/mol. The molecular formula is C22H28N4O3. The Morgan fingerprint density at radius 3 is 2.76 bits per heavy atom. The fourth-order valence-corrected chi connectivity index (χ4v) is 4.04. The maximum Gasteiger partial charge on any atom is 0.258 e. The van der Waals surface area contributed by atoms with Crippen LogP contribution in [0.3, 0.4) is 0 Å². The van der Waals surface area contributed by atoms with E-state index in [4.69, 9.17) is 4.74 Å². The van der Waals surface area contributed by atoms with E-state index in [1.807, 2.05) is 24.9 Å². The number of methoxy groups -OCH3 is 1. The third-order valence-corrected chi connectivity index (χ3v) is 6.06. The number of aromatic nitrogens is 2. The van der Waals surface area contributed by atoms with Gasteiger partial charge >= 0.3 is 0 Å². The van der Waals surface area contributed by atoms with E-state index >= 15 is 0 Å². The number of carbonyl (C=O) groups excluding carboxylic acids is 2. The van der Waals surface area contributed by atoms with Crippen molar-refractivity contribution in [1.82, 2.24) is 14.5 Å². The van der Waals surface area contributed by atoms with E-state index in [0.717, 1.165) is 25.1 Å². The Labute approximate surface area is 171 Å². The molecule has 1 atom stereocenters. The van der Waals surface area contributed by atoms with Gasteiger partial charge in [-0.05, 0) is 56.7 Å². The molecule has 1 saturated heterocycles. The number of nitrogens with one attached hydrogen (secondary N) is 1. The molecule has 0 unspecified atom stereocenters. The van der Waals surface area contributed by atoms with Gasteiger partial charge in [0.2, 0.25) is 0 Å². The number of carbonyl (C=O) groups is 2. The van der Waals surface area contributed by atoms with E-state index in [0.29, 0.717) is 29.4 Å². The second kappa shape index (κ2) is 7.99. The molecule has 2 aromatic heterocycles. The van der Waals surface area contributed by atoms with Gasteiger partial charge in [-0.15, -0.1) is 0 Å². The standard InChI is InChI=1S/C22H28N4O3/c1-14-18(12-19(25(14)2)15-6-7-15)21(27)24-20-11-16(8-9-23-20)22(28)26-10-4-5-17(13-26)29-3/h8-9,11-12,15,17H,4-7,10,13H2,1-3H3,(H,23,24,27)/t17-/m0/s1. The maximum atomic E-state index is 12.9. The van der Waals surface area contributed by atoms with Crippen LogP contribution in [0.1, 0.15) is 63.7 Å². The maximum absolute atomic E-state index is 12.9. The molecule has 3 heterocycles. The summed E-state index contributed by atoms with van der Waals surface area (Å²) in [4.78, 5) is 31.8. The molecule has 29 heavy (non-hydrogen) atoms. The first kappa shape index (κ1) is 19.6. The Hall–Kier alpha value is -2.67. The summed E-state index contributed by atoms with van der Waals surface area (Å²) in [5.41, 5.74) is 3.33. The molecular weight excluding hydrogens is 368 g/mol. The molecule has 7 heteroatoms. The lowest BCUT2D eigenvalue weighted by Gasteiger charge is -2.32. The molecule has 2 amide bonds. The summed E-state index contributed by atoms with van der Waals surface area (Å²) in [6.07, 6.45) is 5.91. The topological polar surface area (TPSA) is 76.5 Å². The quantitative estimate of drug-likeness (QED) is 0.843. The largest absolute Gasteiger partial charge is 0.380 e. The van der Waals surface area contributed by atoms with Crippen molar-refractivity contribution in [3.8, 4) is 0 Å². The SMILES string of the molecule is CO[C@H]1CCCN(C(=O)c2ccnc(NC(=O)c3cc(C4CC4)n(C)c3C)c2)C1. The highest BCUT2D eigenvalue weighted by molar-refractivity contribution is 6.05. The zero-order chi connectivity index (χ0) is 20.5. The molecule has 154 valence electrons. The highest BCUT2D eigenvalue weighted by atomic mass is 16.5. The zero-order valence-corrected chi connectivity index (χ0v) is 17.3. The van der Waals surface area contributed by atoms with Gasteiger partial charge in [0.1, 0.15) is 5.82 Å². The first-order valence-electron chi connectivity index (χ1n) is 10.2. The Balaban J connectivity index is 1.48. The van der Waals surface area contributed by atoms with E-state index in [9.17, 15) is 9.59 Å². The van der Waals surface area contributed by atoms with Gasteiger partial charge in [-0.3, -0.25) is 9.59 Å². The molecule has 1 N–H and O–H groups in total. The van der Waals surface area contributed by atoms with Crippen LogP contribution >= 0.6 is 0 Å². The lowest BCUT2D eigenvalue weighted by molar-refractivity contribution is 0.0269. The Morgan fingerprint density at radius 1 is 1.24 bits per heavy atom. The van der Waals surface area contributed by atoms with Crippen molar-refractivity contribution in [1.29, 1.82) is 0 Å². The van der Waals surface area contributed by atoms with Crippen molar-refractivity contribution >= 4 is 17.6 Å². The van der Waals surface area contributed by atoms with Gasteiger partial charge in [0.05, 0.1) is 11.7 Å². The van der Waals surface area contributed by atoms with Crippen LogP contribution in [0.4, 0.5) is 5.82 Å². The van der Waals surface area contributed by atoms with Gasteiger partial charge < -0.3 is 19.5 Å². The highest BCUT2D eigenvalue weighted by Crippen LogP contribution is 2.41. The molecule has 0 spiro atoms. The minimum absolute atomic E-state index is 0.0587. The molecule has 2 fully saturated rings. The van der Waals surface area contributed by atoms with Crippen molar-refractivity contribution in [2.45, 2.75) is 44.6 Å². The molecule has 4 rings (SSSR count). The normalized spacial score (nSPS) is 19.3. The highest BCUT2D eigenvalue weighted by Gasteiger charge is 2.29. The average molecular weight is 396 g/mol. The van der Waals surface area contributed by atoms with Crippen LogP contribution < -0.4 is 5.32 Å². The first-order chi connectivity index (χ1) is 14.0. The fourth-order valence-electron chi connectivity index (χ4n) is 4.04. The second-order valence-electron chi connectivity index (χ2n) is 8.04. The number of likely N-dealkylation sites (tertiary alicyclic amines) is 1. The van der Waals surface area contributed by atoms with E-state index in [2.05, 4.69) is 14.9 Å². The van der Waals surface area contributed by atoms with Crippen LogP contribution in [0, 0.1) is 6.92 Å². The van der Waals surface area contributed by atoms with Crippen molar-refractivity contribution < 1.29 is 14.3 Å². The Bertz CT molecular complexity index is 932. The summed E-state index contributed by atoms with van der Waals surface area (Å²) in [6.45, 7) is 3.26. The fraction of sp³-hybridized carbons (Fsp3) is 0.500. The second-order valence-corrected chi connectivity index (χ2v) is 8.04. The number of rotatable bonds is 5. The molecule has 2 aromatic rings. The number of ether oxygens (including phenoxy) is 1. The zero-order valence-electron chi connectivity index (χ0n) is 17.3. The van der Waals surface area contributed by atoms with Crippen LogP contribution in [-0.2, 0) is 11.8 Å². The summed E-state index contributed by atoms with van der Waals surface area (Å²) in [6, 6.07) is 5.32. The third kappa shape index (κ3) is 4.05. The summed E-state index contributed by atoms with van der Waals surface area (Å²) in [5.74, 6) is 0.702. The smallest absolute Gasteiger partial charge is 0.258 e. The van der Waals surface area contributed by atoms with E-state index in [1.165, 1.54) is 18.5 Å². The van der Waals surface area contributed by atoms with E-state index in [1.54, 1.807) is 25.4 Å². The molecule has 0 aromatic carbocycles. The van der Waals surface area contributed by atoms with Gasteiger partial charge in [0.15, 0.2) is 0 Å². The summed E-state index contributed by atoms with van der Waals surface area (Å²) in [7, 11) is 3.68. The number of hydrogen-bond acceptors (Lipinski definition) is 4. The first-order valence-corrected chi connectivity index (χ1v) is 10.2. The predicted octanol–water partition coefficient (Wildman–Crippen LogP) is 3.11. The van der Waals surface area contributed by atoms with Crippen LogP contribution in [0.5, 0.6) is 0 Å². The van der Waals surface area contributed by atoms with Crippen molar-refractivity contribution in [2.75, 3.05) is 25.5 Å². The molecule has 2 aliphatic rings. The van der Waals surface area contributed by atoms with Gasteiger partial charge in [-0.25, -0.2) is 4.98 Å². The number of nitrogens with zero attached hydrogens (tertiary/aromatic N) is 3. The number of anilines is 1.